The van der Waals surface area contributed by atoms with Crippen molar-refractivity contribution in [1.82, 2.24) is 5.32 Å². The number of para-hydroxylation sites is 1. The Morgan fingerprint density at radius 1 is 1.50 bits per heavy atom. The van der Waals surface area contributed by atoms with E-state index in [1.54, 1.807) is 19.1 Å². The molecule has 0 aliphatic rings. The van der Waals surface area contributed by atoms with Gasteiger partial charge in [0, 0.05) is 6.04 Å². The van der Waals surface area contributed by atoms with Gasteiger partial charge < -0.3 is 10.1 Å². The molecule has 1 N–H and O–H groups in total. The van der Waals surface area contributed by atoms with Crippen LogP contribution in [0.25, 0.3) is 0 Å². The Bertz CT molecular complexity index is 370. The van der Waals surface area contributed by atoms with Crippen molar-refractivity contribution in [2.75, 3.05) is 6.61 Å². The number of rotatable bonds is 5. The Labute approximate surface area is 94.8 Å². The maximum Gasteiger partial charge on any atom is 0.258 e. The van der Waals surface area contributed by atoms with Gasteiger partial charge in [-0.3, -0.25) is 4.79 Å². The van der Waals surface area contributed by atoms with Crippen LogP contribution in [0.4, 0.5) is 0 Å². The third-order valence-corrected chi connectivity index (χ3v) is 1.92. The molecule has 84 valence electrons. The van der Waals surface area contributed by atoms with Gasteiger partial charge in [0.1, 0.15) is 5.75 Å². The minimum Gasteiger partial charge on any atom is -0.484 e. The summed E-state index contributed by atoms with van der Waals surface area (Å²) in [5, 5.41) is 11.1. The zero-order valence-corrected chi connectivity index (χ0v) is 9.14. The van der Waals surface area contributed by atoms with E-state index in [-0.39, 0.29) is 18.6 Å². The smallest absolute Gasteiger partial charge is 0.258 e. The summed E-state index contributed by atoms with van der Waals surface area (Å²) in [4.78, 5) is 11.4. The summed E-state index contributed by atoms with van der Waals surface area (Å²) in [6.45, 7) is 1.75. The molecule has 1 aromatic carbocycles. The summed E-state index contributed by atoms with van der Waals surface area (Å²) in [5.41, 5.74) is 0. The highest BCUT2D eigenvalue weighted by molar-refractivity contribution is 5.77. The molecule has 0 spiro atoms. The fourth-order valence-corrected chi connectivity index (χ4v) is 1.17. The van der Waals surface area contributed by atoms with Crippen molar-refractivity contribution >= 4 is 5.91 Å². The number of nitriles is 1. The molecule has 1 aromatic rings. The molecule has 0 aliphatic carbocycles. The lowest BCUT2D eigenvalue weighted by Crippen LogP contribution is -2.35. The predicted molar refractivity (Wildman–Crippen MR) is 59.8 cm³/mol. The van der Waals surface area contributed by atoms with Gasteiger partial charge in [-0.15, -0.1) is 0 Å². The lowest BCUT2D eigenvalue weighted by Gasteiger charge is -2.10. The molecule has 0 saturated carbocycles. The van der Waals surface area contributed by atoms with Crippen molar-refractivity contribution in [2.45, 2.75) is 19.4 Å². The number of carbonyl (C=O) groups is 1. The van der Waals surface area contributed by atoms with Crippen LogP contribution in [0.2, 0.25) is 0 Å². The highest BCUT2D eigenvalue weighted by Crippen LogP contribution is 2.07. The summed E-state index contributed by atoms with van der Waals surface area (Å²) in [6.07, 6.45) is 0.303. The number of hydrogen-bond acceptors (Lipinski definition) is 3. The van der Waals surface area contributed by atoms with Crippen LogP contribution in [0.1, 0.15) is 13.3 Å². The minimum atomic E-state index is -0.216. The average Bonchev–Trinajstić information content (AvgIpc) is 2.28. The van der Waals surface area contributed by atoms with Crippen LogP contribution in [0.5, 0.6) is 5.75 Å². The van der Waals surface area contributed by atoms with E-state index < -0.39 is 0 Å². The number of hydrogen-bond donors (Lipinski definition) is 1. The molecule has 0 fully saturated rings. The molecule has 0 saturated heterocycles. The Morgan fingerprint density at radius 3 is 2.81 bits per heavy atom. The molecule has 1 unspecified atom stereocenters. The number of nitrogens with zero attached hydrogens (tertiary/aromatic N) is 1. The number of ether oxygens (including phenoxy) is 1. The molecular formula is C12H14N2O2. The Kier molecular flexibility index (Phi) is 4.87. The number of nitrogens with one attached hydrogen (secondary N) is 1. The normalized spacial score (nSPS) is 11.2. The Hall–Kier alpha value is -2.02. The van der Waals surface area contributed by atoms with Crippen molar-refractivity contribution in [2.24, 2.45) is 0 Å². The van der Waals surface area contributed by atoms with Gasteiger partial charge in [-0.05, 0) is 19.1 Å². The number of benzene rings is 1. The molecular weight excluding hydrogens is 204 g/mol. The molecule has 4 heteroatoms. The van der Waals surface area contributed by atoms with E-state index in [0.717, 1.165) is 0 Å². The van der Waals surface area contributed by atoms with Crippen LogP contribution in [-0.4, -0.2) is 18.6 Å². The molecule has 0 bridgehead atoms. The number of carbonyl (C=O) groups excluding carboxylic acids is 1. The Morgan fingerprint density at radius 2 is 2.19 bits per heavy atom. The molecule has 4 nitrogen and oxygen atoms in total. The van der Waals surface area contributed by atoms with Gasteiger partial charge in [-0.25, -0.2) is 0 Å². The van der Waals surface area contributed by atoms with Crippen LogP contribution in [-0.2, 0) is 4.79 Å². The molecule has 0 aromatic heterocycles. The quantitative estimate of drug-likeness (QED) is 0.814. The van der Waals surface area contributed by atoms with E-state index >= 15 is 0 Å². The van der Waals surface area contributed by atoms with Crippen LogP contribution in [0.3, 0.4) is 0 Å². The second-order valence-corrected chi connectivity index (χ2v) is 3.43. The van der Waals surface area contributed by atoms with Gasteiger partial charge in [-0.1, -0.05) is 18.2 Å². The van der Waals surface area contributed by atoms with Gasteiger partial charge in [0.2, 0.25) is 0 Å². The zero-order chi connectivity index (χ0) is 11.8. The number of amides is 1. The maximum absolute atomic E-state index is 11.4. The summed E-state index contributed by atoms with van der Waals surface area (Å²) >= 11 is 0. The standard InChI is InChI=1S/C12H14N2O2/c1-10(7-8-13)14-12(15)9-16-11-5-3-2-4-6-11/h2-6,10H,7,9H2,1H3,(H,14,15). The highest BCUT2D eigenvalue weighted by atomic mass is 16.5. The van der Waals surface area contributed by atoms with Gasteiger partial charge in [-0.2, -0.15) is 5.26 Å². The lowest BCUT2D eigenvalue weighted by molar-refractivity contribution is -0.123. The molecule has 0 heterocycles. The van der Waals surface area contributed by atoms with Crippen molar-refractivity contribution in [3.63, 3.8) is 0 Å². The molecule has 0 aliphatic heterocycles. The summed E-state index contributed by atoms with van der Waals surface area (Å²) in [6, 6.07) is 11.0. The molecule has 1 rings (SSSR count). The largest absolute Gasteiger partial charge is 0.484 e. The van der Waals surface area contributed by atoms with Crippen LogP contribution in [0.15, 0.2) is 30.3 Å². The summed E-state index contributed by atoms with van der Waals surface area (Å²) < 4.78 is 5.25. The van der Waals surface area contributed by atoms with Gasteiger partial charge >= 0.3 is 0 Å². The summed E-state index contributed by atoms with van der Waals surface area (Å²) in [5.74, 6) is 0.442. The van der Waals surface area contributed by atoms with Gasteiger partial charge in [0.25, 0.3) is 5.91 Å². The second-order valence-electron chi connectivity index (χ2n) is 3.43. The van der Waals surface area contributed by atoms with E-state index in [0.29, 0.717) is 12.2 Å². The highest BCUT2D eigenvalue weighted by Gasteiger charge is 2.07. The first-order valence-electron chi connectivity index (χ1n) is 5.06. The topological polar surface area (TPSA) is 62.1 Å². The predicted octanol–water partition coefficient (Wildman–Crippen LogP) is 1.48. The fraction of sp³-hybridized carbons (Fsp3) is 0.333. The molecule has 1 amide bonds. The maximum atomic E-state index is 11.4. The minimum absolute atomic E-state index is 0.0280. The third kappa shape index (κ3) is 4.47. The van der Waals surface area contributed by atoms with E-state index in [2.05, 4.69) is 5.32 Å². The monoisotopic (exact) mass is 218 g/mol. The van der Waals surface area contributed by atoms with E-state index in [1.807, 2.05) is 24.3 Å². The van der Waals surface area contributed by atoms with E-state index in [9.17, 15) is 4.79 Å². The first-order chi connectivity index (χ1) is 7.72. The van der Waals surface area contributed by atoms with Crippen LogP contribution in [0, 0.1) is 11.3 Å². The van der Waals surface area contributed by atoms with Crippen LogP contribution >= 0.6 is 0 Å². The van der Waals surface area contributed by atoms with Gasteiger partial charge in [0.05, 0.1) is 12.5 Å². The first kappa shape index (κ1) is 12.1. The van der Waals surface area contributed by atoms with Crippen molar-refractivity contribution in [3.8, 4) is 11.8 Å². The molecule has 0 radical (unpaired) electrons. The third-order valence-electron chi connectivity index (χ3n) is 1.92. The Balaban J connectivity index is 2.28. The van der Waals surface area contributed by atoms with Crippen molar-refractivity contribution < 1.29 is 9.53 Å². The fourth-order valence-electron chi connectivity index (χ4n) is 1.17. The van der Waals surface area contributed by atoms with Crippen molar-refractivity contribution in [3.05, 3.63) is 30.3 Å². The van der Waals surface area contributed by atoms with E-state index in [1.165, 1.54) is 0 Å². The van der Waals surface area contributed by atoms with E-state index in [4.69, 9.17) is 10.00 Å². The van der Waals surface area contributed by atoms with Crippen molar-refractivity contribution in [1.29, 1.82) is 5.26 Å². The average molecular weight is 218 g/mol. The van der Waals surface area contributed by atoms with Gasteiger partial charge in [0.15, 0.2) is 6.61 Å². The zero-order valence-electron chi connectivity index (χ0n) is 9.14. The summed E-state index contributed by atoms with van der Waals surface area (Å²) in [7, 11) is 0. The first-order valence-corrected chi connectivity index (χ1v) is 5.06. The van der Waals surface area contributed by atoms with Crippen LogP contribution < -0.4 is 10.1 Å². The molecule has 1 atom stereocenters. The second kappa shape index (κ2) is 6.46. The lowest BCUT2D eigenvalue weighted by atomic mass is 10.2. The molecule has 16 heavy (non-hydrogen) atoms. The SMILES string of the molecule is CC(CC#N)NC(=O)COc1ccccc1.